The van der Waals surface area contributed by atoms with Gasteiger partial charge < -0.3 is 20.9 Å². The number of nitrogen functional groups attached to an aromatic ring is 1. The summed E-state index contributed by atoms with van der Waals surface area (Å²) in [5.41, 5.74) is 7.34. The van der Waals surface area contributed by atoms with Crippen LogP contribution < -0.4 is 15.8 Å². The molecule has 100 valence electrons. The highest BCUT2D eigenvalue weighted by atomic mass is 16.5. The highest BCUT2D eigenvalue weighted by molar-refractivity contribution is 5.90. The maximum atomic E-state index is 10.2. The number of rotatable bonds is 5. The average molecular weight is 261 g/mol. The van der Waals surface area contributed by atoms with E-state index in [4.69, 9.17) is 15.6 Å². The van der Waals surface area contributed by atoms with Crippen LogP contribution >= 0.6 is 0 Å². The van der Waals surface area contributed by atoms with Crippen LogP contribution in [0, 0.1) is 0 Å². The van der Waals surface area contributed by atoms with Gasteiger partial charge in [0.25, 0.3) is 0 Å². The summed E-state index contributed by atoms with van der Waals surface area (Å²) in [4.78, 5) is 14.4. The van der Waals surface area contributed by atoms with Crippen molar-refractivity contribution in [3.63, 3.8) is 0 Å². The summed E-state index contributed by atoms with van der Waals surface area (Å²) in [7, 11) is 0. The van der Waals surface area contributed by atoms with Gasteiger partial charge in [0.05, 0.1) is 12.1 Å². The first-order valence-corrected chi connectivity index (χ1v) is 5.90. The maximum absolute atomic E-state index is 10.2. The first kappa shape index (κ1) is 12.9. The first-order chi connectivity index (χ1) is 9.16. The molecule has 1 heterocycles. The lowest BCUT2D eigenvalue weighted by molar-refractivity contribution is 0.193. The van der Waals surface area contributed by atoms with Gasteiger partial charge in [-0.05, 0) is 30.7 Å². The van der Waals surface area contributed by atoms with Crippen LogP contribution in [0.3, 0.4) is 0 Å². The first-order valence-electron chi connectivity index (χ1n) is 5.90. The van der Waals surface area contributed by atoms with Gasteiger partial charge in [0.1, 0.15) is 5.75 Å². The van der Waals surface area contributed by atoms with Gasteiger partial charge in [-0.25, -0.2) is 4.79 Å². The summed E-state index contributed by atoms with van der Waals surface area (Å²) >= 11 is 0. The third-order valence-electron chi connectivity index (χ3n) is 2.61. The van der Waals surface area contributed by atoms with Crippen LogP contribution in [0.1, 0.15) is 6.42 Å². The minimum absolute atomic E-state index is 0.368. The fourth-order valence-electron chi connectivity index (χ4n) is 1.69. The minimum atomic E-state index is -1.02. The van der Waals surface area contributed by atoms with E-state index in [0.29, 0.717) is 31.0 Å². The highest BCUT2D eigenvalue weighted by Crippen LogP contribution is 2.23. The zero-order chi connectivity index (χ0) is 13.7. The molecule has 0 aliphatic heterocycles. The van der Waals surface area contributed by atoms with Crippen molar-refractivity contribution < 1.29 is 14.6 Å². The number of carboxylic acid groups (broad SMARTS) is 1. The van der Waals surface area contributed by atoms with E-state index in [-0.39, 0.29) is 0 Å². The van der Waals surface area contributed by atoms with Gasteiger partial charge in [0.15, 0.2) is 0 Å². The fraction of sp³-hybridized carbons (Fsp3) is 0.231. The predicted octanol–water partition coefficient (Wildman–Crippen LogP) is 1.85. The molecule has 1 aromatic carbocycles. The Kier molecular flexibility index (Phi) is 4.02. The number of pyridine rings is 1. The second-order valence-electron chi connectivity index (χ2n) is 4.01. The lowest BCUT2D eigenvalue weighted by Gasteiger charge is -2.08. The van der Waals surface area contributed by atoms with Crippen LogP contribution in [0.25, 0.3) is 10.9 Å². The number of ether oxygens (including phenoxy) is 1. The summed E-state index contributed by atoms with van der Waals surface area (Å²) in [5, 5.41) is 11.5. The van der Waals surface area contributed by atoms with E-state index in [2.05, 4.69) is 10.3 Å². The Balaban J connectivity index is 1.94. The topological polar surface area (TPSA) is 97.5 Å². The third kappa shape index (κ3) is 3.48. The van der Waals surface area contributed by atoms with Crippen molar-refractivity contribution in [1.29, 1.82) is 0 Å². The highest BCUT2D eigenvalue weighted by Gasteiger charge is 2.01. The number of benzene rings is 1. The molecule has 0 atom stereocenters. The molecular weight excluding hydrogens is 246 g/mol. The van der Waals surface area contributed by atoms with Crippen molar-refractivity contribution in [2.75, 3.05) is 18.9 Å². The van der Waals surface area contributed by atoms with Crippen molar-refractivity contribution in [3.8, 4) is 5.75 Å². The van der Waals surface area contributed by atoms with Gasteiger partial charge in [0.2, 0.25) is 0 Å². The molecule has 0 saturated carbocycles. The number of amides is 1. The molecule has 2 rings (SSSR count). The molecule has 1 aromatic heterocycles. The van der Waals surface area contributed by atoms with Gasteiger partial charge in [-0.15, -0.1) is 0 Å². The second-order valence-corrected chi connectivity index (χ2v) is 4.01. The molecule has 0 aliphatic rings. The van der Waals surface area contributed by atoms with Crippen molar-refractivity contribution >= 4 is 22.7 Å². The van der Waals surface area contributed by atoms with E-state index in [1.165, 1.54) is 0 Å². The quantitative estimate of drug-likeness (QED) is 0.713. The maximum Gasteiger partial charge on any atom is 0.404 e. The van der Waals surface area contributed by atoms with Gasteiger partial charge in [-0.2, -0.15) is 0 Å². The van der Waals surface area contributed by atoms with Gasteiger partial charge >= 0.3 is 6.09 Å². The molecule has 1 amide bonds. The smallest absolute Gasteiger partial charge is 0.404 e. The molecule has 0 spiro atoms. The summed E-state index contributed by atoms with van der Waals surface area (Å²) in [6.07, 6.45) is 1.24. The molecule has 0 aliphatic carbocycles. The van der Waals surface area contributed by atoms with E-state index in [9.17, 15) is 4.79 Å². The number of fused-ring (bicyclic) bond motifs is 1. The SMILES string of the molecule is Nc1ccnc2ccc(OCCCNC(=O)O)cc12. The number of hydrogen-bond acceptors (Lipinski definition) is 4. The summed E-state index contributed by atoms with van der Waals surface area (Å²) in [5.74, 6) is 0.697. The Morgan fingerprint density at radius 1 is 1.42 bits per heavy atom. The van der Waals surface area contributed by atoms with Crippen molar-refractivity contribution in [2.45, 2.75) is 6.42 Å². The number of carbonyl (C=O) groups is 1. The number of aromatic nitrogens is 1. The molecule has 6 heteroatoms. The molecule has 6 nitrogen and oxygen atoms in total. The third-order valence-corrected chi connectivity index (χ3v) is 2.61. The van der Waals surface area contributed by atoms with E-state index in [0.717, 1.165) is 10.9 Å². The van der Waals surface area contributed by atoms with E-state index >= 15 is 0 Å². The number of hydrogen-bond donors (Lipinski definition) is 3. The van der Waals surface area contributed by atoms with E-state index < -0.39 is 6.09 Å². The Labute approximate surface area is 110 Å². The van der Waals surface area contributed by atoms with Gasteiger partial charge in [-0.1, -0.05) is 0 Å². The van der Waals surface area contributed by atoms with Crippen LogP contribution in [-0.2, 0) is 0 Å². The number of nitrogens with zero attached hydrogens (tertiary/aromatic N) is 1. The van der Waals surface area contributed by atoms with Crippen molar-refractivity contribution in [2.24, 2.45) is 0 Å². The summed E-state index contributed by atoms with van der Waals surface area (Å²) in [6.45, 7) is 0.804. The van der Waals surface area contributed by atoms with Crippen LogP contribution in [0.2, 0.25) is 0 Å². The lowest BCUT2D eigenvalue weighted by Crippen LogP contribution is -2.23. The number of nitrogens with one attached hydrogen (secondary N) is 1. The molecule has 4 N–H and O–H groups in total. The van der Waals surface area contributed by atoms with Crippen molar-refractivity contribution in [1.82, 2.24) is 10.3 Å². The predicted molar refractivity (Wildman–Crippen MR) is 72.3 cm³/mol. The Bertz CT molecular complexity index is 586. The number of nitrogens with two attached hydrogens (primary N) is 1. The summed E-state index contributed by atoms with van der Waals surface area (Å²) in [6, 6.07) is 7.24. The molecular formula is C13H15N3O3. The Morgan fingerprint density at radius 3 is 3.05 bits per heavy atom. The molecule has 2 aromatic rings. The molecule has 0 radical (unpaired) electrons. The number of anilines is 1. The Morgan fingerprint density at radius 2 is 2.26 bits per heavy atom. The Hall–Kier alpha value is -2.50. The molecule has 19 heavy (non-hydrogen) atoms. The standard InChI is InChI=1S/C13H15N3O3/c14-11-4-6-15-12-3-2-9(8-10(11)12)19-7-1-5-16-13(17)18/h2-4,6,8,16H,1,5,7H2,(H2,14,15)(H,17,18). The van der Waals surface area contributed by atoms with Crippen LogP contribution in [-0.4, -0.2) is 29.3 Å². The van der Waals surface area contributed by atoms with Crippen LogP contribution in [0.4, 0.5) is 10.5 Å². The van der Waals surface area contributed by atoms with Crippen molar-refractivity contribution in [3.05, 3.63) is 30.5 Å². The largest absolute Gasteiger partial charge is 0.494 e. The van der Waals surface area contributed by atoms with Gasteiger partial charge in [-0.3, -0.25) is 4.98 Å². The fourth-order valence-corrected chi connectivity index (χ4v) is 1.69. The van der Waals surface area contributed by atoms with Crippen LogP contribution in [0.15, 0.2) is 30.5 Å². The zero-order valence-electron chi connectivity index (χ0n) is 10.3. The minimum Gasteiger partial charge on any atom is -0.494 e. The monoisotopic (exact) mass is 261 g/mol. The average Bonchev–Trinajstić information content (AvgIpc) is 2.39. The molecule has 0 fully saturated rings. The van der Waals surface area contributed by atoms with Gasteiger partial charge in [0, 0.05) is 23.8 Å². The van der Waals surface area contributed by atoms with E-state index in [1.807, 2.05) is 18.2 Å². The second kappa shape index (κ2) is 5.90. The normalized spacial score (nSPS) is 10.3. The zero-order valence-corrected chi connectivity index (χ0v) is 10.3. The van der Waals surface area contributed by atoms with E-state index in [1.54, 1.807) is 12.3 Å². The summed E-state index contributed by atoms with van der Waals surface area (Å²) < 4.78 is 5.53. The molecule has 0 unspecified atom stereocenters. The van der Waals surface area contributed by atoms with Crippen LogP contribution in [0.5, 0.6) is 5.75 Å². The molecule has 0 bridgehead atoms. The lowest BCUT2D eigenvalue weighted by atomic mass is 10.2. The molecule has 0 saturated heterocycles.